The number of aromatic nitrogens is 3. The lowest BCUT2D eigenvalue weighted by Crippen LogP contribution is -2.43. The third-order valence-corrected chi connectivity index (χ3v) is 7.75. The summed E-state index contributed by atoms with van der Waals surface area (Å²) in [6.45, 7) is 3.99. The average molecular weight is 594 g/mol. The molecule has 2 aromatic heterocycles. The molecule has 0 radical (unpaired) electrons. The molecule has 0 bridgehead atoms. The first-order valence-corrected chi connectivity index (χ1v) is 14.4. The van der Waals surface area contributed by atoms with Gasteiger partial charge in [0.05, 0.1) is 22.7 Å². The van der Waals surface area contributed by atoms with Crippen molar-refractivity contribution in [2.24, 2.45) is 5.41 Å². The molecule has 1 aliphatic heterocycles. The van der Waals surface area contributed by atoms with Crippen molar-refractivity contribution < 1.29 is 14.3 Å². The maximum atomic E-state index is 14.1. The predicted octanol–water partition coefficient (Wildman–Crippen LogP) is 4.29. The van der Waals surface area contributed by atoms with Gasteiger partial charge in [0.15, 0.2) is 0 Å². The molecule has 11 nitrogen and oxygen atoms in total. The Morgan fingerprint density at radius 1 is 1.09 bits per heavy atom. The number of piperidine rings is 1. The van der Waals surface area contributed by atoms with Gasteiger partial charge >= 0.3 is 5.69 Å². The summed E-state index contributed by atoms with van der Waals surface area (Å²) in [7, 11) is 3.26. The molecular formula is C33H35N7O4. The zero-order valence-corrected chi connectivity index (χ0v) is 25.2. The third kappa shape index (κ3) is 5.79. The Labute approximate surface area is 255 Å². The summed E-state index contributed by atoms with van der Waals surface area (Å²) in [5, 5.41) is 9.86. The van der Waals surface area contributed by atoms with E-state index in [1.807, 2.05) is 36.4 Å². The summed E-state index contributed by atoms with van der Waals surface area (Å²) < 4.78 is 9.10. The van der Waals surface area contributed by atoms with Gasteiger partial charge in [-0.3, -0.25) is 18.7 Å². The molecule has 0 aliphatic carbocycles. The highest BCUT2D eigenvalue weighted by molar-refractivity contribution is 5.98. The molecule has 0 spiro atoms. The minimum atomic E-state index is -1.05. The van der Waals surface area contributed by atoms with Crippen LogP contribution in [-0.2, 0) is 9.59 Å². The Hall–Kier alpha value is -5.37. The molecule has 2 aromatic carbocycles. The summed E-state index contributed by atoms with van der Waals surface area (Å²) in [5.41, 5.74) is 6.52. The van der Waals surface area contributed by atoms with Crippen LogP contribution in [0.5, 0.6) is 11.5 Å². The zero-order valence-electron chi connectivity index (χ0n) is 25.2. The van der Waals surface area contributed by atoms with Crippen molar-refractivity contribution in [1.29, 1.82) is 5.26 Å². The highest BCUT2D eigenvalue weighted by Crippen LogP contribution is 2.30. The first-order valence-electron chi connectivity index (χ1n) is 14.4. The number of fused-ring (bicyclic) bond motifs is 1. The van der Waals surface area contributed by atoms with E-state index in [2.05, 4.69) is 4.98 Å². The second-order valence-corrected chi connectivity index (χ2v) is 11.6. The molecular weight excluding hydrogens is 558 g/mol. The standard InChI is InChI=1S/C33H35N7O4/c1-33(2,31(42)37(3)4)19-22(20-34)30(41)38-18-8-9-24(21-38)39-27-16-17-36-29(35)28(27)40(32(39)43)23-12-14-26(15-13-23)44-25-10-6-5-7-11-25/h5-7,10-17,19,24H,8-9,18,21H2,1-4H3,(H2,35,36)/b22-19+/t24-/m1/s1. The molecule has 2 N–H and O–H groups in total. The molecule has 11 heteroatoms. The molecule has 1 fully saturated rings. The summed E-state index contributed by atoms with van der Waals surface area (Å²) in [6.07, 6.45) is 4.25. The Kier molecular flexibility index (Phi) is 8.27. The minimum Gasteiger partial charge on any atom is -0.457 e. The van der Waals surface area contributed by atoms with Crippen LogP contribution < -0.4 is 16.2 Å². The maximum absolute atomic E-state index is 14.1. The van der Waals surface area contributed by atoms with Gasteiger partial charge in [0.1, 0.15) is 34.5 Å². The van der Waals surface area contributed by atoms with Gasteiger partial charge < -0.3 is 20.3 Å². The number of para-hydroxylation sites is 1. The molecule has 4 aromatic rings. The van der Waals surface area contributed by atoms with E-state index in [1.54, 1.807) is 73.9 Å². The number of hydrogen-bond donors (Lipinski definition) is 1. The van der Waals surface area contributed by atoms with Crippen molar-refractivity contribution in [2.75, 3.05) is 32.9 Å². The van der Waals surface area contributed by atoms with Gasteiger partial charge in [-0.1, -0.05) is 18.2 Å². The van der Waals surface area contributed by atoms with Crippen LogP contribution in [0.4, 0.5) is 5.82 Å². The van der Waals surface area contributed by atoms with E-state index in [1.165, 1.54) is 15.5 Å². The molecule has 1 atom stereocenters. The number of amides is 2. The molecule has 2 amide bonds. The smallest absolute Gasteiger partial charge is 0.334 e. The lowest BCUT2D eigenvalue weighted by atomic mass is 9.89. The van der Waals surface area contributed by atoms with Crippen LogP contribution in [-0.4, -0.2) is 62.9 Å². The fraction of sp³-hybridized carbons (Fsp3) is 0.303. The number of nitrogens with zero attached hydrogens (tertiary/aromatic N) is 6. The van der Waals surface area contributed by atoms with Crippen LogP contribution in [0.25, 0.3) is 16.7 Å². The van der Waals surface area contributed by atoms with Gasteiger partial charge in [-0.15, -0.1) is 0 Å². The lowest BCUT2D eigenvalue weighted by Gasteiger charge is -2.33. The molecule has 5 rings (SSSR count). The van der Waals surface area contributed by atoms with E-state index in [0.29, 0.717) is 47.6 Å². The second-order valence-electron chi connectivity index (χ2n) is 11.6. The number of carbonyl (C=O) groups is 2. The molecule has 226 valence electrons. The number of anilines is 1. The Balaban J connectivity index is 1.48. The Bertz CT molecular complexity index is 1830. The number of benzene rings is 2. The molecule has 44 heavy (non-hydrogen) atoms. The van der Waals surface area contributed by atoms with E-state index in [-0.39, 0.29) is 35.6 Å². The van der Waals surface area contributed by atoms with Crippen LogP contribution in [0.1, 0.15) is 32.7 Å². The quantitative estimate of drug-likeness (QED) is 0.249. The topological polar surface area (TPSA) is 139 Å². The molecule has 0 saturated carbocycles. The number of nitriles is 1. The van der Waals surface area contributed by atoms with Gasteiger partial charge in [-0.05, 0) is 75.2 Å². The molecule has 1 aliphatic rings. The predicted molar refractivity (Wildman–Crippen MR) is 167 cm³/mol. The maximum Gasteiger partial charge on any atom is 0.334 e. The van der Waals surface area contributed by atoms with Crippen LogP contribution in [0, 0.1) is 16.7 Å². The van der Waals surface area contributed by atoms with Crippen molar-refractivity contribution in [3.63, 3.8) is 0 Å². The van der Waals surface area contributed by atoms with Gasteiger partial charge in [-0.25, -0.2) is 9.78 Å². The highest BCUT2D eigenvalue weighted by Gasteiger charge is 2.33. The number of ether oxygens (including phenoxy) is 1. The summed E-state index contributed by atoms with van der Waals surface area (Å²) in [6, 6.07) is 19.9. The molecule has 1 saturated heterocycles. The zero-order chi connectivity index (χ0) is 31.6. The number of likely N-dealkylation sites (tertiary alicyclic amines) is 1. The fourth-order valence-corrected chi connectivity index (χ4v) is 5.73. The van der Waals surface area contributed by atoms with Crippen molar-refractivity contribution in [1.82, 2.24) is 23.9 Å². The van der Waals surface area contributed by atoms with Gasteiger partial charge in [0, 0.05) is 33.4 Å². The minimum absolute atomic E-state index is 0.105. The van der Waals surface area contributed by atoms with E-state index in [0.717, 1.165) is 0 Å². The van der Waals surface area contributed by atoms with E-state index >= 15 is 0 Å². The van der Waals surface area contributed by atoms with E-state index in [9.17, 15) is 19.6 Å². The summed E-state index contributed by atoms with van der Waals surface area (Å²) in [4.78, 5) is 47.6. The largest absolute Gasteiger partial charge is 0.457 e. The normalized spacial score (nSPS) is 15.6. The monoisotopic (exact) mass is 593 g/mol. The van der Waals surface area contributed by atoms with Crippen LogP contribution in [0.3, 0.4) is 0 Å². The molecule has 0 unspecified atom stereocenters. The van der Waals surface area contributed by atoms with Gasteiger partial charge in [0.2, 0.25) is 5.91 Å². The Morgan fingerprint density at radius 2 is 1.77 bits per heavy atom. The van der Waals surface area contributed by atoms with Crippen molar-refractivity contribution in [2.45, 2.75) is 32.7 Å². The Morgan fingerprint density at radius 3 is 2.43 bits per heavy atom. The number of pyridine rings is 1. The number of imidazole rings is 1. The van der Waals surface area contributed by atoms with Gasteiger partial charge in [-0.2, -0.15) is 5.26 Å². The fourth-order valence-electron chi connectivity index (χ4n) is 5.73. The first kappa shape index (κ1) is 30.1. The third-order valence-electron chi connectivity index (χ3n) is 7.75. The lowest BCUT2D eigenvalue weighted by molar-refractivity contribution is -0.135. The summed E-state index contributed by atoms with van der Waals surface area (Å²) in [5.74, 6) is 0.819. The van der Waals surface area contributed by atoms with Gasteiger partial charge in [0.25, 0.3) is 5.91 Å². The van der Waals surface area contributed by atoms with Crippen LogP contribution in [0.15, 0.2) is 83.3 Å². The SMILES string of the molecule is CN(C)C(=O)C(C)(C)/C=C(\C#N)C(=O)N1CCC[C@@H](n2c(=O)n(-c3ccc(Oc4ccccc4)cc3)c3c(N)nccc32)C1. The number of nitrogen functional groups attached to an aromatic ring is 1. The average Bonchev–Trinajstić information content (AvgIpc) is 3.32. The van der Waals surface area contributed by atoms with Crippen LogP contribution in [0.2, 0.25) is 0 Å². The number of nitrogens with two attached hydrogens (primary N) is 1. The van der Waals surface area contributed by atoms with Crippen molar-refractivity contribution in [3.8, 4) is 23.3 Å². The second kappa shape index (κ2) is 12.1. The van der Waals surface area contributed by atoms with E-state index in [4.69, 9.17) is 10.5 Å². The number of rotatable bonds is 7. The van der Waals surface area contributed by atoms with Crippen molar-refractivity contribution in [3.05, 3.63) is 89.0 Å². The highest BCUT2D eigenvalue weighted by atomic mass is 16.5. The van der Waals surface area contributed by atoms with Crippen LogP contribution >= 0.6 is 0 Å². The number of hydrogen-bond acceptors (Lipinski definition) is 7. The summed E-state index contributed by atoms with van der Waals surface area (Å²) >= 11 is 0. The van der Waals surface area contributed by atoms with Crippen molar-refractivity contribution >= 4 is 28.7 Å². The number of carbonyl (C=O) groups excluding carboxylic acids is 2. The van der Waals surface area contributed by atoms with E-state index < -0.39 is 11.3 Å². The first-order chi connectivity index (χ1) is 21.0. The molecule has 3 heterocycles.